The summed E-state index contributed by atoms with van der Waals surface area (Å²) in [5, 5.41) is 5.04. The van der Waals surface area contributed by atoms with E-state index in [4.69, 9.17) is 23.8 Å². The number of benzene rings is 1. The second kappa shape index (κ2) is 6.94. The minimum Gasteiger partial charge on any atom is -0.380 e. The molecule has 16 heavy (non-hydrogen) atoms. The fourth-order valence-corrected chi connectivity index (χ4v) is 2.23. The minimum absolute atomic E-state index is 0.711. The number of thiocarbonyl (C=S) groups is 1. The van der Waals surface area contributed by atoms with Crippen molar-refractivity contribution in [2.24, 2.45) is 0 Å². The average Bonchev–Trinajstić information content (AvgIpc) is 2.28. The van der Waals surface area contributed by atoms with Gasteiger partial charge in [-0.1, -0.05) is 36.0 Å². The van der Waals surface area contributed by atoms with Crippen LogP contribution in [0.2, 0.25) is 5.02 Å². The van der Waals surface area contributed by atoms with E-state index < -0.39 is 0 Å². The lowest BCUT2D eigenvalue weighted by molar-refractivity contribution is 0.906. The maximum absolute atomic E-state index is 5.92. The smallest absolute Gasteiger partial charge is 0.0693 e. The third-order valence-electron chi connectivity index (χ3n) is 1.94. The first-order valence-electron chi connectivity index (χ1n) is 4.96. The maximum atomic E-state index is 5.92. The largest absolute Gasteiger partial charge is 0.380 e. The van der Waals surface area contributed by atoms with Crippen molar-refractivity contribution in [2.75, 3.05) is 12.8 Å². The summed E-state index contributed by atoms with van der Waals surface area (Å²) in [6.45, 7) is 2.96. The topological polar surface area (TPSA) is 12.0 Å². The Morgan fingerprint density at radius 2 is 2.31 bits per heavy atom. The lowest BCUT2D eigenvalue weighted by Gasteiger charge is -2.06. The number of nitrogens with one attached hydrogen (secondary N) is 1. The zero-order valence-corrected chi connectivity index (χ0v) is 11.7. The molecular formula is C12H14ClNS2. The number of hydrogen-bond donors (Lipinski definition) is 1. The summed E-state index contributed by atoms with van der Waals surface area (Å²) in [6.07, 6.45) is 3.99. The Hall–Kier alpha value is -0.510. The van der Waals surface area contributed by atoms with E-state index in [-0.39, 0.29) is 0 Å². The predicted octanol–water partition coefficient (Wildman–Crippen LogP) is 3.87. The van der Waals surface area contributed by atoms with E-state index in [1.807, 2.05) is 36.6 Å². The van der Waals surface area contributed by atoms with E-state index in [9.17, 15) is 0 Å². The van der Waals surface area contributed by atoms with Crippen LogP contribution in [0.25, 0.3) is 0 Å². The van der Waals surface area contributed by atoms with Gasteiger partial charge >= 0.3 is 0 Å². The van der Waals surface area contributed by atoms with Crippen LogP contribution in [0, 0.1) is 0 Å². The van der Waals surface area contributed by atoms with Gasteiger partial charge in [-0.25, -0.2) is 0 Å². The zero-order valence-electron chi connectivity index (χ0n) is 9.29. The lowest BCUT2D eigenvalue weighted by Crippen LogP contribution is -2.10. The molecule has 1 nitrogen and oxygen atoms in total. The van der Waals surface area contributed by atoms with Gasteiger partial charge in [-0.2, -0.15) is 0 Å². The fourth-order valence-electron chi connectivity index (χ4n) is 1.20. The van der Waals surface area contributed by atoms with E-state index >= 15 is 0 Å². The molecule has 0 spiro atoms. The second-order valence-corrected chi connectivity index (χ2v) is 4.84. The number of thioether (sulfide) groups is 1. The molecule has 4 heteroatoms. The maximum Gasteiger partial charge on any atom is 0.0693 e. The van der Waals surface area contributed by atoms with Crippen molar-refractivity contribution in [1.29, 1.82) is 0 Å². The van der Waals surface area contributed by atoms with Crippen molar-refractivity contribution in [2.45, 2.75) is 6.92 Å². The number of allylic oxidation sites excluding steroid dienone is 1. The molecule has 0 fully saturated rings. The summed E-state index contributed by atoms with van der Waals surface area (Å²) in [7, 11) is 0. The van der Waals surface area contributed by atoms with E-state index in [1.165, 1.54) is 0 Å². The first kappa shape index (κ1) is 13.6. The van der Waals surface area contributed by atoms with Crippen LogP contribution in [0.5, 0.6) is 0 Å². The highest BCUT2D eigenvalue weighted by molar-refractivity contribution is 8.02. The normalized spacial score (nSPS) is 11.3. The first-order chi connectivity index (χ1) is 7.67. The molecule has 0 aliphatic rings. The van der Waals surface area contributed by atoms with E-state index in [2.05, 4.69) is 12.2 Å². The van der Waals surface area contributed by atoms with Gasteiger partial charge in [0.1, 0.15) is 0 Å². The highest BCUT2D eigenvalue weighted by Crippen LogP contribution is 2.15. The van der Waals surface area contributed by atoms with Crippen LogP contribution < -0.4 is 5.32 Å². The Balaban J connectivity index is 2.85. The zero-order chi connectivity index (χ0) is 12.0. The first-order valence-corrected chi connectivity index (χ1v) is 6.98. The van der Waals surface area contributed by atoms with Crippen LogP contribution in [0.3, 0.4) is 0 Å². The highest BCUT2D eigenvalue weighted by Gasteiger charge is 2.01. The van der Waals surface area contributed by atoms with Crippen LogP contribution in [-0.4, -0.2) is 17.7 Å². The molecule has 1 N–H and O–H groups in total. The van der Waals surface area contributed by atoms with Gasteiger partial charge in [-0.15, -0.1) is 11.8 Å². The molecule has 1 rings (SSSR count). The van der Waals surface area contributed by atoms with Crippen LogP contribution in [0.15, 0.2) is 35.4 Å². The minimum atomic E-state index is 0.711. The number of halogens is 1. The molecule has 0 aromatic heterocycles. The monoisotopic (exact) mass is 271 g/mol. The van der Waals surface area contributed by atoms with Crippen LogP contribution in [0.4, 0.5) is 0 Å². The van der Waals surface area contributed by atoms with Crippen molar-refractivity contribution in [3.05, 3.63) is 46.0 Å². The highest BCUT2D eigenvalue weighted by atomic mass is 35.5. The Kier molecular flexibility index (Phi) is 5.88. The average molecular weight is 272 g/mol. The van der Waals surface area contributed by atoms with Crippen LogP contribution >= 0.6 is 35.6 Å². The second-order valence-electron chi connectivity index (χ2n) is 3.12. The van der Waals surface area contributed by atoms with Crippen molar-refractivity contribution in [1.82, 2.24) is 5.32 Å². The predicted molar refractivity (Wildman–Crippen MR) is 78.4 cm³/mol. The summed E-state index contributed by atoms with van der Waals surface area (Å²) in [5.74, 6) is 0. The van der Waals surface area contributed by atoms with Gasteiger partial charge in [-0.3, -0.25) is 0 Å². The Labute approximate surface area is 111 Å². The van der Waals surface area contributed by atoms with Gasteiger partial charge in [0.25, 0.3) is 0 Å². The molecule has 0 saturated carbocycles. The molecule has 1 aromatic rings. The standard InChI is InChI=1S/C12H14ClNS2/c1-3-14-12(16-2)8-11(15)9-5-4-6-10(13)7-9/h4-8,14H,3H2,1-2H3/b12-8-. The SMILES string of the molecule is CCN/C(=C/C(=S)c1cccc(Cl)c1)SC. The van der Waals surface area contributed by atoms with Crippen LogP contribution in [0.1, 0.15) is 12.5 Å². The number of rotatable bonds is 5. The lowest BCUT2D eigenvalue weighted by atomic mass is 10.1. The summed E-state index contributed by atoms with van der Waals surface area (Å²) in [6, 6.07) is 7.60. The molecule has 0 bridgehead atoms. The van der Waals surface area contributed by atoms with Crippen molar-refractivity contribution in [3.63, 3.8) is 0 Å². The Bertz CT molecular complexity index is 402. The van der Waals surface area contributed by atoms with Crippen molar-refractivity contribution >= 4 is 40.4 Å². The van der Waals surface area contributed by atoms with Gasteiger partial charge in [-0.05, 0) is 37.0 Å². The van der Waals surface area contributed by atoms with E-state index in [0.717, 1.165) is 22.0 Å². The molecule has 86 valence electrons. The van der Waals surface area contributed by atoms with Crippen molar-refractivity contribution < 1.29 is 0 Å². The molecule has 1 aromatic carbocycles. The fraction of sp³-hybridized carbons (Fsp3) is 0.250. The summed E-state index contributed by atoms with van der Waals surface area (Å²) in [4.78, 5) is 0.799. The van der Waals surface area contributed by atoms with Gasteiger partial charge in [0, 0.05) is 16.4 Å². The Morgan fingerprint density at radius 1 is 1.56 bits per heavy atom. The van der Waals surface area contributed by atoms with Gasteiger partial charge in [0.05, 0.1) is 5.03 Å². The van der Waals surface area contributed by atoms with Gasteiger partial charge in [0.15, 0.2) is 0 Å². The van der Waals surface area contributed by atoms with E-state index in [1.54, 1.807) is 11.8 Å². The van der Waals surface area contributed by atoms with Gasteiger partial charge in [0.2, 0.25) is 0 Å². The summed E-state index contributed by atoms with van der Waals surface area (Å²) >= 11 is 12.9. The molecule has 0 amide bonds. The molecule has 0 unspecified atom stereocenters. The molecule has 0 heterocycles. The molecule has 0 saturated heterocycles. The molecule has 0 radical (unpaired) electrons. The summed E-state index contributed by atoms with van der Waals surface area (Å²) < 4.78 is 0. The molecule has 0 atom stereocenters. The third-order valence-corrected chi connectivity index (χ3v) is 3.23. The van der Waals surface area contributed by atoms with Gasteiger partial charge < -0.3 is 5.32 Å². The summed E-state index contributed by atoms with van der Waals surface area (Å²) in [5.41, 5.74) is 0.979. The Morgan fingerprint density at radius 3 is 2.88 bits per heavy atom. The molecule has 0 aliphatic carbocycles. The molecule has 0 aliphatic heterocycles. The third kappa shape index (κ3) is 4.16. The number of hydrogen-bond acceptors (Lipinski definition) is 3. The molecular weight excluding hydrogens is 258 g/mol. The van der Waals surface area contributed by atoms with Crippen LogP contribution in [-0.2, 0) is 0 Å². The van der Waals surface area contributed by atoms with Crippen molar-refractivity contribution in [3.8, 4) is 0 Å². The quantitative estimate of drug-likeness (QED) is 0.496. The van der Waals surface area contributed by atoms with E-state index in [0.29, 0.717) is 5.02 Å².